The van der Waals surface area contributed by atoms with E-state index in [0.717, 1.165) is 48.7 Å². The summed E-state index contributed by atoms with van der Waals surface area (Å²) in [5.41, 5.74) is 0.842. The Morgan fingerprint density at radius 1 is 1.32 bits per heavy atom. The maximum absolute atomic E-state index is 10.5. The van der Waals surface area contributed by atoms with Crippen LogP contribution in [0.5, 0.6) is 5.75 Å². The molecule has 3 atom stereocenters. The number of rotatable bonds is 5. The predicted molar refractivity (Wildman–Crippen MR) is 101 cm³/mol. The van der Waals surface area contributed by atoms with Crippen LogP contribution < -0.4 is 10.1 Å². The summed E-state index contributed by atoms with van der Waals surface area (Å²) >= 11 is 0. The highest BCUT2D eigenvalue weighted by Crippen LogP contribution is 2.36. The van der Waals surface area contributed by atoms with Gasteiger partial charge in [0.1, 0.15) is 5.75 Å². The normalized spacial score (nSPS) is 24.8. The van der Waals surface area contributed by atoms with Gasteiger partial charge < -0.3 is 20.1 Å². The number of aliphatic hydroxyl groups is 1. The van der Waals surface area contributed by atoms with Crippen molar-refractivity contribution in [2.75, 3.05) is 33.3 Å². The molecular formula is C20H31N3O2. The molecule has 1 saturated heterocycles. The largest absolute Gasteiger partial charge is 0.497 e. The first-order chi connectivity index (χ1) is 12.2. The van der Waals surface area contributed by atoms with Gasteiger partial charge in [-0.1, -0.05) is 25.0 Å². The lowest BCUT2D eigenvalue weighted by atomic mass is 9.82. The third-order valence-electron chi connectivity index (χ3n) is 5.50. The second-order valence-electron chi connectivity index (χ2n) is 7.20. The van der Waals surface area contributed by atoms with Crippen LogP contribution in [0.3, 0.4) is 0 Å². The van der Waals surface area contributed by atoms with E-state index < -0.39 is 6.10 Å². The van der Waals surface area contributed by atoms with Gasteiger partial charge in [0.2, 0.25) is 0 Å². The fourth-order valence-corrected chi connectivity index (χ4v) is 4.13. The number of methoxy groups -OCH3 is 1. The average molecular weight is 345 g/mol. The van der Waals surface area contributed by atoms with Crippen LogP contribution in [-0.2, 0) is 0 Å². The molecule has 5 heteroatoms. The lowest BCUT2D eigenvalue weighted by Gasteiger charge is -2.22. The summed E-state index contributed by atoms with van der Waals surface area (Å²) in [4.78, 5) is 7.12. The van der Waals surface area contributed by atoms with Crippen molar-refractivity contribution in [3.8, 4) is 5.75 Å². The maximum Gasteiger partial charge on any atom is 0.194 e. The molecule has 1 aliphatic heterocycles. The second-order valence-corrected chi connectivity index (χ2v) is 7.20. The topological polar surface area (TPSA) is 57.1 Å². The van der Waals surface area contributed by atoms with E-state index in [-0.39, 0.29) is 0 Å². The summed E-state index contributed by atoms with van der Waals surface area (Å²) in [5.74, 6) is 3.34. The van der Waals surface area contributed by atoms with Crippen LogP contribution in [0.25, 0.3) is 0 Å². The zero-order valence-corrected chi connectivity index (χ0v) is 15.4. The Bertz CT molecular complexity index is 576. The molecule has 5 nitrogen and oxygen atoms in total. The van der Waals surface area contributed by atoms with E-state index >= 15 is 0 Å². The van der Waals surface area contributed by atoms with E-state index in [0.29, 0.717) is 6.54 Å². The summed E-state index contributed by atoms with van der Waals surface area (Å²) in [6, 6.07) is 7.57. The van der Waals surface area contributed by atoms with E-state index in [1.54, 1.807) is 7.11 Å². The summed E-state index contributed by atoms with van der Waals surface area (Å²) in [6.07, 6.45) is 4.84. The van der Waals surface area contributed by atoms with Gasteiger partial charge in [-0.15, -0.1) is 0 Å². The molecule has 138 valence electrons. The van der Waals surface area contributed by atoms with Gasteiger partial charge in [-0.25, -0.2) is 0 Å². The minimum Gasteiger partial charge on any atom is -0.497 e. The molecule has 3 unspecified atom stereocenters. The molecule has 1 aliphatic carbocycles. The highest BCUT2D eigenvalue weighted by atomic mass is 16.5. The van der Waals surface area contributed by atoms with Crippen LogP contribution in [0.1, 0.15) is 44.3 Å². The van der Waals surface area contributed by atoms with Gasteiger partial charge in [0.05, 0.1) is 19.8 Å². The minimum absolute atomic E-state index is 0.362. The zero-order chi connectivity index (χ0) is 17.6. The van der Waals surface area contributed by atoms with E-state index in [9.17, 15) is 5.11 Å². The highest BCUT2D eigenvalue weighted by Gasteiger charge is 2.35. The van der Waals surface area contributed by atoms with E-state index in [4.69, 9.17) is 9.73 Å². The van der Waals surface area contributed by atoms with Crippen molar-refractivity contribution in [3.05, 3.63) is 29.8 Å². The van der Waals surface area contributed by atoms with Gasteiger partial charge in [0.15, 0.2) is 5.96 Å². The summed E-state index contributed by atoms with van der Waals surface area (Å²) in [7, 11) is 1.64. The molecule has 0 aromatic heterocycles. The van der Waals surface area contributed by atoms with Crippen molar-refractivity contribution in [2.45, 2.75) is 38.7 Å². The SMILES string of the molecule is CCNC(=NCC(O)c1cccc(OC)c1)N1CC2CCCCC2C1. The van der Waals surface area contributed by atoms with Crippen LogP contribution in [0.2, 0.25) is 0 Å². The third-order valence-corrected chi connectivity index (χ3v) is 5.50. The molecular weight excluding hydrogens is 314 g/mol. The van der Waals surface area contributed by atoms with Crippen molar-refractivity contribution in [2.24, 2.45) is 16.8 Å². The summed E-state index contributed by atoms with van der Waals surface area (Å²) < 4.78 is 5.24. The molecule has 2 N–H and O–H groups in total. The van der Waals surface area contributed by atoms with Crippen LogP contribution in [-0.4, -0.2) is 49.3 Å². The number of guanidine groups is 1. The fraction of sp³-hybridized carbons (Fsp3) is 0.650. The first kappa shape index (κ1) is 18.1. The zero-order valence-electron chi connectivity index (χ0n) is 15.4. The standard InChI is InChI=1S/C20H31N3O2/c1-3-21-20(23-13-16-7-4-5-8-17(16)14-23)22-12-19(24)15-9-6-10-18(11-15)25-2/h6,9-11,16-17,19,24H,3-5,7-8,12-14H2,1-2H3,(H,21,22). The fourth-order valence-electron chi connectivity index (χ4n) is 4.13. The van der Waals surface area contributed by atoms with Gasteiger partial charge in [0.25, 0.3) is 0 Å². The third kappa shape index (κ3) is 4.46. The van der Waals surface area contributed by atoms with Gasteiger partial charge in [-0.2, -0.15) is 0 Å². The number of hydrogen-bond donors (Lipinski definition) is 2. The molecule has 0 bridgehead atoms. The number of hydrogen-bond acceptors (Lipinski definition) is 3. The Morgan fingerprint density at radius 3 is 2.68 bits per heavy atom. The minimum atomic E-state index is -0.617. The van der Waals surface area contributed by atoms with Crippen LogP contribution in [0.15, 0.2) is 29.3 Å². The Labute approximate surface area is 151 Å². The van der Waals surface area contributed by atoms with E-state index in [1.165, 1.54) is 25.7 Å². The van der Waals surface area contributed by atoms with Gasteiger partial charge in [-0.05, 0) is 49.3 Å². The summed E-state index contributed by atoms with van der Waals surface area (Å²) in [5, 5.41) is 13.9. The number of aliphatic imine (C=N–C) groups is 1. The molecule has 1 saturated carbocycles. The maximum atomic E-state index is 10.5. The Kier molecular flexibility index (Phi) is 6.19. The lowest BCUT2D eigenvalue weighted by molar-refractivity contribution is 0.186. The Hall–Kier alpha value is -1.75. The van der Waals surface area contributed by atoms with E-state index in [2.05, 4.69) is 17.1 Å². The molecule has 1 aromatic rings. The highest BCUT2D eigenvalue weighted by molar-refractivity contribution is 5.80. The molecule has 2 fully saturated rings. The first-order valence-corrected chi connectivity index (χ1v) is 9.56. The molecule has 3 rings (SSSR count). The molecule has 0 spiro atoms. The quantitative estimate of drug-likeness (QED) is 0.636. The predicted octanol–water partition coefficient (Wildman–Crippen LogP) is 2.82. The van der Waals surface area contributed by atoms with Crippen LogP contribution >= 0.6 is 0 Å². The molecule has 1 heterocycles. The molecule has 25 heavy (non-hydrogen) atoms. The van der Waals surface area contributed by atoms with Crippen molar-refractivity contribution in [3.63, 3.8) is 0 Å². The number of nitrogens with one attached hydrogen (secondary N) is 1. The van der Waals surface area contributed by atoms with Gasteiger partial charge >= 0.3 is 0 Å². The monoisotopic (exact) mass is 345 g/mol. The Balaban J connectivity index is 1.65. The average Bonchev–Trinajstić information content (AvgIpc) is 3.09. The van der Waals surface area contributed by atoms with E-state index in [1.807, 2.05) is 24.3 Å². The lowest BCUT2D eigenvalue weighted by Crippen LogP contribution is -2.40. The second kappa shape index (κ2) is 8.56. The molecule has 0 amide bonds. The number of aliphatic hydroxyl groups excluding tert-OH is 1. The van der Waals surface area contributed by atoms with Crippen molar-refractivity contribution < 1.29 is 9.84 Å². The number of ether oxygens (including phenoxy) is 1. The van der Waals surface area contributed by atoms with Crippen LogP contribution in [0, 0.1) is 11.8 Å². The molecule has 2 aliphatic rings. The smallest absolute Gasteiger partial charge is 0.194 e. The van der Waals surface area contributed by atoms with Crippen molar-refractivity contribution in [1.29, 1.82) is 0 Å². The first-order valence-electron chi connectivity index (χ1n) is 9.56. The van der Waals surface area contributed by atoms with Crippen molar-refractivity contribution in [1.82, 2.24) is 10.2 Å². The number of fused-ring (bicyclic) bond motifs is 1. The Morgan fingerprint density at radius 2 is 2.04 bits per heavy atom. The van der Waals surface area contributed by atoms with Crippen molar-refractivity contribution >= 4 is 5.96 Å². The molecule has 0 radical (unpaired) electrons. The van der Waals surface area contributed by atoms with Gasteiger partial charge in [0, 0.05) is 19.6 Å². The molecule has 1 aromatic carbocycles. The number of likely N-dealkylation sites (tertiary alicyclic amines) is 1. The van der Waals surface area contributed by atoms with Gasteiger partial charge in [-0.3, -0.25) is 4.99 Å². The van der Waals surface area contributed by atoms with Crippen LogP contribution in [0.4, 0.5) is 0 Å². The summed E-state index contributed by atoms with van der Waals surface area (Å²) in [6.45, 7) is 5.51. The number of benzene rings is 1. The number of nitrogens with zero attached hydrogens (tertiary/aromatic N) is 2.